The standard InChI is InChI=1S/C19H20ClN5OS/c1-13-6-7-15(20)11-16(13)21-17(26)14-5-4-10-25(12-14)19-23-22-18(27-19)24-8-2-3-9-24/h2-3,6-9,11,14H,4-5,10,12H2,1H3,(H,21,26)/t14-/m0/s1. The van der Waals surface area contributed by atoms with Gasteiger partial charge in [-0.3, -0.25) is 9.36 Å². The fraction of sp³-hybridized carbons (Fsp3) is 0.316. The molecular formula is C19H20ClN5OS. The van der Waals surface area contributed by atoms with E-state index in [-0.39, 0.29) is 11.8 Å². The Morgan fingerprint density at radius 1 is 1.26 bits per heavy atom. The van der Waals surface area contributed by atoms with Crippen molar-refractivity contribution in [2.24, 2.45) is 5.92 Å². The normalized spacial score (nSPS) is 17.1. The molecule has 1 fully saturated rings. The van der Waals surface area contributed by atoms with E-state index in [2.05, 4.69) is 20.4 Å². The predicted molar refractivity (Wildman–Crippen MR) is 109 cm³/mol. The number of carbonyl (C=O) groups excluding carboxylic acids is 1. The number of aryl methyl sites for hydroxylation is 1. The maximum absolute atomic E-state index is 12.8. The second kappa shape index (κ2) is 7.70. The summed E-state index contributed by atoms with van der Waals surface area (Å²) in [6, 6.07) is 9.45. The van der Waals surface area contributed by atoms with E-state index in [9.17, 15) is 4.79 Å². The number of anilines is 2. The highest BCUT2D eigenvalue weighted by Gasteiger charge is 2.28. The van der Waals surface area contributed by atoms with Crippen molar-refractivity contribution in [3.05, 3.63) is 53.3 Å². The fourth-order valence-corrected chi connectivity index (χ4v) is 4.25. The highest BCUT2D eigenvalue weighted by molar-refractivity contribution is 7.17. The van der Waals surface area contributed by atoms with Crippen molar-refractivity contribution < 1.29 is 4.79 Å². The second-order valence-electron chi connectivity index (χ2n) is 6.69. The lowest BCUT2D eigenvalue weighted by Gasteiger charge is -2.31. The van der Waals surface area contributed by atoms with E-state index in [1.807, 2.05) is 48.1 Å². The van der Waals surface area contributed by atoms with Crippen LogP contribution in [-0.4, -0.2) is 33.8 Å². The molecule has 0 aliphatic carbocycles. The molecule has 3 aromatic rings. The Morgan fingerprint density at radius 2 is 2.04 bits per heavy atom. The quantitative estimate of drug-likeness (QED) is 0.713. The van der Waals surface area contributed by atoms with Crippen molar-refractivity contribution in [3.8, 4) is 5.13 Å². The molecule has 0 saturated carbocycles. The highest BCUT2D eigenvalue weighted by Crippen LogP contribution is 2.29. The number of hydrogen-bond donors (Lipinski definition) is 1. The number of benzene rings is 1. The number of hydrogen-bond acceptors (Lipinski definition) is 5. The second-order valence-corrected chi connectivity index (χ2v) is 8.06. The van der Waals surface area contributed by atoms with Crippen LogP contribution in [-0.2, 0) is 4.79 Å². The minimum absolute atomic E-state index is 0.0280. The number of carbonyl (C=O) groups is 1. The van der Waals surface area contributed by atoms with E-state index >= 15 is 0 Å². The number of piperidine rings is 1. The van der Waals surface area contributed by atoms with Gasteiger partial charge in [0, 0.05) is 36.2 Å². The number of nitrogens with one attached hydrogen (secondary N) is 1. The summed E-state index contributed by atoms with van der Waals surface area (Å²) in [4.78, 5) is 14.9. The molecule has 0 bridgehead atoms. The molecule has 0 unspecified atom stereocenters. The van der Waals surface area contributed by atoms with Gasteiger partial charge in [0.15, 0.2) is 0 Å². The van der Waals surface area contributed by atoms with Gasteiger partial charge >= 0.3 is 0 Å². The molecule has 3 heterocycles. The zero-order chi connectivity index (χ0) is 18.8. The highest BCUT2D eigenvalue weighted by atomic mass is 35.5. The first-order valence-corrected chi connectivity index (χ1v) is 10.1. The molecule has 1 amide bonds. The van der Waals surface area contributed by atoms with Gasteiger partial charge in [0.25, 0.3) is 0 Å². The summed E-state index contributed by atoms with van der Waals surface area (Å²) in [7, 11) is 0. The molecule has 1 aliphatic rings. The lowest BCUT2D eigenvalue weighted by atomic mass is 9.97. The van der Waals surface area contributed by atoms with E-state index in [1.165, 1.54) is 11.3 Å². The Kier molecular flexibility index (Phi) is 5.13. The van der Waals surface area contributed by atoms with Crippen molar-refractivity contribution in [3.63, 3.8) is 0 Å². The molecule has 27 heavy (non-hydrogen) atoms. The number of rotatable bonds is 4. The van der Waals surface area contributed by atoms with Crippen molar-refractivity contribution in [2.75, 3.05) is 23.3 Å². The average molecular weight is 402 g/mol. The molecule has 1 atom stereocenters. The first-order chi connectivity index (χ1) is 13.1. The molecule has 140 valence electrons. The van der Waals surface area contributed by atoms with Crippen molar-refractivity contribution in [2.45, 2.75) is 19.8 Å². The first-order valence-electron chi connectivity index (χ1n) is 8.89. The van der Waals surface area contributed by atoms with Crippen LogP contribution in [0.3, 0.4) is 0 Å². The van der Waals surface area contributed by atoms with E-state index in [0.717, 1.165) is 40.9 Å². The third kappa shape index (κ3) is 3.99. The van der Waals surface area contributed by atoms with E-state index in [4.69, 9.17) is 11.6 Å². The molecule has 8 heteroatoms. The molecule has 4 rings (SSSR count). The molecule has 1 aliphatic heterocycles. The minimum atomic E-state index is -0.0870. The van der Waals surface area contributed by atoms with Gasteiger partial charge in [-0.15, -0.1) is 10.2 Å². The lowest BCUT2D eigenvalue weighted by Crippen LogP contribution is -2.40. The summed E-state index contributed by atoms with van der Waals surface area (Å²) < 4.78 is 1.94. The van der Waals surface area contributed by atoms with Gasteiger partial charge in [0.2, 0.25) is 16.2 Å². The predicted octanol–water partition coefficient (Wildman–Crippen LogP) is 4.15. The number of halogens is 1. The van der Waals surface area contributed by atoms with Gasteiger partial charge in [-0.2, -0.15) is 0 Å². The fourth-order valence-electron chi connectivity index (χ4n) is 3.23. The third-order valence-corrected chi connectivity index (χ3v) is 5.98. The van der Waals surface area contributed by atoms with Crippen LogP contribution in [0.2, 0.25) is 5.02 Å². The molecular weight excluding hydrogens is 382 g/mol. The third-order valence-electron chi connectivity index (χ3n) is 4.75. The van der Waals surface area contributed by atoms with E-state index < -0.39 is 0 Å². The van der Waals surface area contributed by atoms with Crippen LogP contribution in [0.5, 0.6) is 0 Å². The summed E-state index contributed by atoms with van der Waals surface area (Å²) in [6.07, 6.45) is 5.71. The van der Waals surface area contributed by atoms with Gasteiger partial charge in [-0.05, 0) is 49.6 Å². The SMILES string of the molecule is Cc1ccc(Cl)cc1NC(=O)[C@H]1CCCN(c2nnc(-n3cccc3)s2)C1. The van der Waals surface area contributed by atoms with Gasteiger partial charge < -0.3 is 10.2 Å². The monoisotopic (exact) mass is 401 g/mol. The maximum atomic E-state index is 12.8. The van der Waals surface area contributed by atoms with Crippen LogP contribution < -0.4 is 10.2 Å². The van der Waals surface area contributed by atoms with E-state index in [1.54, 1.807) is 6.07 Å². The van der Waals surface area contributed by atoms with Crippen molar-refractivity contribution in [1.29, 1.82) is 0 Å². The molecule has 6 nitrogen and oxygen atoms in total. The zero-order valence-electron chi connectivity index (χ0n) is 14.9. The van der Waals surface area contributed by atoms with E-state index in [0.29, 0.717) is 11.6 Å². The zero-order valence-corrected chi connectivity index (χ0v) is 16.5. The van der Waals surface area contributed by atoms with Gasteiger partial charge in [0.05, 0.1) is 5.92 Å². The molecule has 1 saturated heterocycles. The van der Waals surface area contributed by atoms with Gasteiger partial charge in [-0.1, -0.05) is 29.0 Å². The molecule has 0 radical (unpaired) electrons. The van der Waals surface area contributed by atoms with Gasteiger partial charge in [-0.25, -0.2) is 0 Å². The minimum Gasteiger partial charge on any atom is -0.346 e. The number of amides is 1. The lowest BCUT2D eigenvalue weighted by molar-refractivity contribution is -0.120. The summed E-state index contributed by atoms with van der Waals surface area (Å²) in [5.74, 6) is -0.0590. The van der Waals surface area contributed by atoms with Crippen LogP contribution in [0.25, 0.3) is 5.13 Å². The smallest absolute Gasteiger partial charge is 0.229 e. The van der Waals surface area contributed by atoms with Crippen LogP contribution in [0.4, 0.5) is 10.8 Å². The van der Waals surface area contributed by atoms with Crippen LogP contribution >= 0.6 is 22.9 Å². The number of nitrogens with zero attached hydrogens (tertiary/aromatic N) is 4. The molecule has 1 aromatic carbocycles. The Hall–Kier alpha value is -2.38. The summed E-state index contributed by atoms with van der Waals surface area (Å²) in [5.41, 5.74) is 1.77. The Bertz CT molecular complexity index is 939. The van der Waals surface area contributed by atoms with Crippen molar-refractivity contribution in [1.82, 2.24) is 14.8 Å². The first kappa shape index (κ1) is 18.0. The average Bonchev–Trinajstić information content (AvgIpc) is 3.36. The van der Waals surface area contributed by atoms with Crippen LogP contribution in [0.1, 0.15) is 18.4 Å². The summed E-state index contributed by atoms with van der Waals surface area (Å²) >= 11 is 7.60. The summed E-state index contributed by atoms with van der Waals surface area (Å²) in [5, 5.41) is 13.9. The molecule has 1 N–H and O–H groups in total. The Labute approximate surface area is 166 Å². The van der Waals surface area contributed by atoms with Crippen LogP contribution in [0, 0.1) is 12.8 Å². The molecule has 2 aromatic heterocycles. The van der Waals surface area contributed by atoms with Crippen LogP contribution in [0.15, 0.2) is 42.7 Å². The molecule has 0 spiro atoms. The van der Waals surface area contributed by atoms with Crippen molar-refractivity contribution >= 4 is 39.7 Å². The number of aromatic nitrogens is 3. The Balaban J connectivity index is 1.45. The largest absolute Gasteiger partial charge is 0.346 e. The Morgan fingerprint density at radius 3 is 2.85 bits per heavy atom. The maximum Gasteiger partial charge on any atom is 0.229 e. The van der Waals surface area contributed by atoms with Gasteiger partial charge in [0.1, 0.15) is 0 Å². The summed E-state index contributed by atoms with van der Waals surface area (Å²) in [6.45, 7) is 3.50. The topological polar surface area (TPSA) is 63.1 Å².